The van der Waals surface area contributed by atoms with Gasteiger partial charge in [0.2, 0.25) is 0 Å². The third-order valence-electron chi connectivity index (χ3n) is 5.47. The SMILES string of the molecule is COCC1C(OC)C(=NC2CCC(C(C)(C)C)CC2)N=CN1CSC. The highest BCUT2D eigenvalue weighted by Crippen LogP contribution is 2.38. The largest absolute Gasteiger partial charge is 0.382 e. The van der Waals surface area contributed by atoms with Gasteiger partial charge in [-0.25, -0.2) is 4.99 Å². The molecule has 2 unspecified atom stereocenters. The van der Waals surface area contributed by atoms with E-state index in [0.29, 0.717) is 18.1 Å². The van der Waals surface area contributed by atoms with Gasteiger partial charge in [-0.1, -0.05) is 20.8 Å². The molecule has 144 valence electrons. The van der Waals surface area contributed by atoms with Crippen LogP contribution in [-0.4, -0.2) is 68.2 Å². The summed E-state index contributed by atoms with van der Waals surface area (Å²) < 4.78 is 11.2. The van der Waals surface area contributed by atoms with E-state index >= 15 is 0 Å². The normalized spacial score (nSPS) is 32.4. The number of amidine groups is 1. The Morgan fingerprint density at radius 1 is 1.24 bits per heavy atom. The lowest BCUT2D eigenvalue weighted by atomic mass is 9.71. The van der Waals surface area contributed by atoms with E-state index in [-0.39, 0.29) is 12.1 Å². The second kappa shape index (κ2) is 9.38. The summed E-state index contributed by atoms with van der Waals surface area (Å²) in [7, 11) is 3.48. The molecule has 2 rings (SSSR count). The van der Waals surface area contributed by atoms with Crippen LogP contribution in [0.25, 0.3) is 0 Å². The lowest BCUT2D eigenvalue weighted by Gasteiger charge is -2.38. The Bertz CT molecular complexity index is 468. The Hall–Kier alpha value is -0.590. The molecule has 6 heteroatoms. The predicted octanol–water partition coefficient (Wildman–Crippen LogP) is 3.68. The summed E-state index contributed by atoms with van der Waals surface area (Å²) in [5.41, 5.74) is 0.401. The first-order valence-electron chi connectivity index (χ1n) is 9.29. The second-order valence-corrected chi connectivity index (χ2v) is 9.05. The van der Waals surface area contributed by atoms with E-state index in [0.717, 1.165) is 30.5 Å². The summed E-state index contributed by atoms with van der Waals surface area (Å²) in [6, 6.07) is 0.503. The van der Waals surface area contributed by atoms with Gasteiger partial charge < -0.3 is 14.4 Å². The summed E-state index contributed by atoms with van der Waals surface area (Å²) in [6.07, 6.45) is 8.70. The van der Waals surface area contributed by atoms with E-state index in [4.69, 9.17) is 14.5 Å². The molecule has 0 saturated heterocycles. The van der Waals surface area contributed by atoms with Crippen LogP contribution in [0.1, 0.15) is 46.5 Å². The maximum Gasteiger partial charge on any atom is 0.156 e. The number of aliphatic imine (C=N–C) groups is 2. The first-order chi connectivity index (χ1) is 11.9. The van der Waals surface area contributed by atoms with Gasteiger partial charge >= 0.3 is 0 Å². The highest BCUT2D eigenvalue weighted by molar-refractivity contribution is 7.98. The van der Waals surface area contributed by atoms with Crippen molar-refractivity contribution in [1.29, 1.82) is 0 Å². The average Bonchev–Trinajstić information content (AvgIpc) is 2.57. The van der Waals surface area contributed by atoms with Crippen LogP contribution in [0.3, 0.4) is 0 Å². The molecule has 1 fully saturated rings. The van der Waals surface area contributed by atoms with Crippen molar-refractivity contribution in [1.82, 2.24) is 4.90 Å². The van der Waals surface area contributed by atoms with Gasteiger partial charge in [-0.15, -0.1) is 11.8 Å². The molecule has 0 amide bonds. The van der Waals surface area contributed by atoms with Crippen molar-refractivity contribution >= 4 is 23.9 Å². The van der Waals surface area contributed by atoms with Gasteiger partial charge in [0.1, 0.15) is 6.10 Å². The quantitative estimate of drug-likeness (QED) is 0.716. The Balaban J connectivity index is 2.09. The van der Waals surface area contributed by atoms with Crippen LogP contribution in [0.15, 0.2) is 9.98 Å². The van der Waals surface area contributed by atoms with E-state index in [1.54, 1.807) is 26.0 Å². The topological polar surface area (TPSA) is 46.4 Å². The predicted molar refractivity (Wildman–Crippen MR) is 108 cm³/mol. The molecule has 2 atom stereocenters. The third-order valence-corrected chi connectivity index (χ3v) is 6.03. The molecule has 1 saturated carbocycles. The summed E-state index contributed by atoms with van der Waals surface area (Å²) in [4.78, 5) is 11.8. The molecule has 0 aromatic carbocycles. The molecule has 0 N–H and O–H groups in total. The third kappa shape index (κ3) is 5.44. The van der Waals surface area contributed by atoms with Gasteiger partial charge in [0, 0.05) is 14.2 Å². The zero-order valence-corrected chi connectivity index (χ0v) is 17.5. The second-order valence-electron chi connectivity index (χ2n) is 8.21. The maximum atomic E-state index is 5.79. The molecule has 0 spiro atoms. The zero-order chi connectivity index (χ0) is 18.4. The molecule has 25 heavy (non-hydrogen) atoms. The van der Waals surface area contributed by atoms with Crippen molar-refractivity contribution < 1.29 is 9.47 Å². The fourth-order valence-corrected chi connectivity index (χ4v) is 4.45. The molecule has 1 heterocycles. The number of nitrogens with zero attached hydrogens (tertiary/aromatic N) is 3. The van der Waals surface area contributed by atoms with E-state index in [1.165, 1.54) is 12.8 Å². The van der Waals surface area contributed by atoms with Crippen LogP contribution in [-0.2, 0) is 9.47 Å². The Kier molecular flexibility index (Phi) is 7.77. The lowest BCUT2D eigenvalue weighted by Crippen LogP contribution is -2.53. The standard InChI is InChI=1S/C19H35N3O2S/c1-19(2,3)14-7-9-15(10-8-14)21-18-17(24-5)16(11-23-4)22(12-20-18)13-25-6/h12,14-17H,7-11,13H2,1-6H3. The van der Waals surface area contributed by atoms with E-state index in [9.17, 15) is 0 Å². The van der Waals surface area contributed by atoms with Crippen molar-refractivity contribution in [2.75, 3.05) is 33.0 Å². The van der Waals surface area contributed by atoms with Crippen molar-refractivity contribution in [3.8, 4) is 0 Å². The number of methoxy groups -OCH3 is 2. The Morgan fingerprint density at radius 3 is 2.44 bits per heavy atom. The van der Waals surface area contributed by atoms with Crippen LogP contribution in [0.5, 0.6) is 0 Å². The molecule has 5 nitrogen and oxygen atoms in total. The van der Waals surface area contributed by atoms with Crippen molar-refractivity contribution in [2.24, 2.45) is 21.3 Å². The summed E-state index contributed by atoms with van der Waals surface area (Å²) in [6.45, 7) is 7.67. The smallest absolute Gasteiger partial charge is 0.156 e. The van der Waals surface area contributed by atoms with Crippen LogP contribution >= 0.6 is 11.8 Å². The van der Waals surface area contributed by atoms with E-state index in [1.807, 2.05) is 6.34 Å². The molecule has 2 aliphatic rings. The first-order valence-corrected chi connectivity index (χ1v) is 10.7. The van der Waals surface area contributed by atoms with Crippen molar-refractivity contribution in [3.05, 3.63) is 0 Å². The number of ether oxygens (including phenoxy) is 2. The van der Waals surface area contributed by atoms with Crippen molar-refractivity contribution in [3.63, 3.8) is 0 Å². The fraction of sp³-hybridized carbons (Fsp3) is 0.895. The van der Waals surface area contributed by atoms with E-state index in [2.05, 4.69) is 36.9 Å². The summed E-state index contributed by atoms with van der Waals surface area (Å²) in [5, 5.41) is 0. The Morgan fingerprint density at radius 2 is 1.92 bits per heavy atom. The minimum Gasteiger partial charge on any atom is -0.382 e. The van der Waals surface area contributed by atoms with Crippen molar-refractivity contribution in [2.45, 2.75) is 64.6 Å². The molecule has 1 aliphatic heterocycles. The molecule has 0 radical (unpaired) electrons. The van der Waals surface area contributed by atoms with Gasteiger partial charge in [-0.2, -0.15) is 0 Å². The highest BCUT2D eigenvalue weighted by atomic mass is 32.2. The van der Waals surface area contributed by atoms with Crippen LogP contribution in [0.2, 0.25) is 0 Å². The van der Waals surface area contributed by atoms with Gasteiger partial charge in [-0.3, -0.25) is 4.99 Å². The molecule has 0 aromatic rings. The van der Waals surface area contributed by atoms with E-state index < -0.39 is 0 Å². The lowest BCUT2D eigenvalue weighted by molar-refractivity contribution is 0.0406. The molecule has 0 aromatic heterocycles. The minimum atomic E-state index is -0.127. The summed E-state index contributed by atoms with van der Waals surface area (Å²) in [5.74, 6) is 2.51. The average molecular weight is 370 g/mol. The zero-order valence-electron chi connectivity index (χ0n) is 16.7. The van der Waals surface area contributed by atoms with Gasteiger partial charge in [-0.05, 0) is 43.3 Å². The molecular weight excluding hydrogens is 334 g/mol. The van der Waals surface area contributed by atoms with Gasteiger partial charge in [0.05, 0.1) is 30.9 Å². The number of thioether (sulfide) groups is 1. The number of rotatable bonds is 6. The molecule has 1 aliphatic carbocycles. The maximum absolute atomic E-state index is 5.79. The monoisotopic (exact) mass is 369 g/mol. The van der Waals surface area contributed by atoms with Crippen LogP contribution in [0.4, 0.5) is 0 Å². The van der Waals surface area contributed by atoms with Crippen LogP contribution < -0.4 is 0 Å². The molecule has 0 bridgehead atoms. The fourth-order valence-electron chi connectivity index (χ4n) is 3.90. The number of hydrogen-bond acceptors (Lipinski definition) is 5. The minimum absolute atomic E-state index is 0.127. The van der Waals surface area contributed by atoms with Gasteiger partial charge in [0.25, 0.3) is 0 Å². The highest BCUT2D eigenvalue weighted by Gasteiger charge is 2.35. The number of hydrogen-bond donors (Lipinski definition) is 0. The first kappa shape index (κ1) is 20.7. The Labute approximate surface area is 157 Å². The molecular formula is C19H35N3O2S. The van der Waals surface area contributed by atoms with Gasteiger partial charge in [0.15, 0.2) is 5.84 Å². The summed E-state index contributed by atoms with van der Waals surface area (Å²) >= 11 is 1.77. The van der Waals surface area contributed by atoms with Crippen LogP contribution in [0, 0.1) is 11.3 Å².